The summed E-state index contributed by atoms with van der Waals surface area (Å²) in [5.74, 6) is -0.738. The van der Waals surface area contributed by atoms with Crippen LogP contribution in [0, 0.1) is 0 Å². The van der Waals surface area contributed by atoms with E-state index in [0.717, 1.165) is 19.3 Å². The molecule has 0 saturated carbocycles. The van der Waals surface area contributed by atoms with Gasteiger partial charge in [0.1, 0.15) is 0 Å². The molecule has 3 nitrogen and oxygen atoms in total. The second-order valence-electron chi connectivity index (χ2n) is 5.58. The van der Waals surface area contributed by atoms with Gasteiger partial charge in [0, 0.05) is 6.42 Å². The summed E-state index contributed by atoms with van der Waals surface area (Å²) < 4.78 is 0. The normalized spacial score (nSPS) is 13.8. The number of hydrogen-bond donors (Lipinski definition) is 2. The predicted octanol–water partition coefficient (Wildman–Crippen LogP) is 5.19. The molecular weight excluding hydrogens is 288 g/mol. The highest BCUT2D eigenvalue weighted by Gasteiger charge is 1.93. The molecule has 0 saturated heterocycles. The number of aliphatic hydroxyl groups excluding tert-OH is 1. The quantitative estimate of drug-likeness (QED) is 0.263. The highest BCUT2D eigenvalue weighted by atomic mass is 16.4. The van der Waals surface area contributed by atoms with Gasteiger partial charge in [0.15, 0.2) is 0 Å². The molecule has 0 fully saturated rings. The van der Waals surface area contributed by atoms with Gasteiger partial charge in [-0.15, -0.1) is 0 Å². The lowest BCUT2D eigenvalue weighted by Crippen LogP contribution is -1.98. The number of carbonyl (C=O) groups is 1. The van der Waals surface area contributed by atoms with Crippen molar-refractivity contribution in [2.75, 3.05) is 0 Å². The molecule has 130 valence electrons. The fourth-order valence-electron chi connectivity index (χ4n) is 1.96. The van der Waals surface area contributed by atoms with E-state index in [9.17, 15) is 9.90 Å². The first-order valence-electron chi connectivity index (χ1n) is 8.70. The molecular formula is C20H32O3. The lowest BCUT2D eigenvalue weighted by atomic mass is 10.1. The Bertz CT molecular complexity index is 392. The van der Waals surface area contributed by atoms with Gasteiger partial charge >= 0.3 is 5.97 Å². The largest absolute Gasteiger partial charge is 0.481 e. The molecule has 0 spiro atoms. The standard InChI is InChI=1S/C20H32O3/c1-2-3-4-5-10-13-16-19(21)17-14-11-8-6-7-9-12-15-18-20(22)23/h7-11,13-14,17,19,21H,2-6,12,15-16,18H2,1H3,(H,22,23)/b9-7-,11-8-,13-10-,17-14+/t19-/m1/s1. The topological polar surface area (TPSA) is 57.5 Å². The zero-order valence-corrected chi connectivity index (χ0v) is 14.4. The lowest BCUT2D eigenvalue weighted by Gasteiger charge is -1.99. The Morgan fingerprint density at radius 3 is 2.43 bits per heavy atom. The van der Waals surface area contributed by atoms with Crippen molar-refractivity contribution < 1.29 is 15.0 Å². The first-order valence-corrected chi connectivity index (χ1v) is 8.70. The Morgan fingerprint density at radius 1 is 0.957 bits per heavy atom. The lowest BCUT2D eigenvalue weighted by molar-refractivity contribution is -0.137. The third-order valence-electron chi connectivity index (χ3n) is 3.30. The van der Waals surface area contributed by atoms with Crippen molar-refractivity contribution in [3.63, 3.8) is 0 Å². The van der Waals surface area contributed by atoms with E-state index in [2.05, 4.69) is 13.0 Å². The summed E-state index contributed by atoms with van der Waals surface area (Å²) in [6.07, 6.45) is 23.5. The second kappa shape index (κ2) is 16.8. The van der Waals surface area contributed by atoms with Crippen LogP contribution in [-0.4, -0.2) is 22.3 Å². The van der Waals surface area contributed by atoms with Crippen molar-refractivity contribution in [1.29, 1.82) is 0 Å². The van der Waals surface area contributed by atoms with E-state index >= 15 is 0 Å². The smallest absolute Gasteiger partial charge is 0.303 e. The number of aliphatic carboxylic acids is 1. The van der Waals surface area contributed by atoms with Crippen molar-refractivity contribution in [1.82, 2.24) is 0 Å². The van der Waals surface area contributed by atoms with Gasteiger partial charge in [-0.05, 0) is 38.5 Å². The first-order chi connectivity index (χ1) is 11.2. The molecule has 0 bridgehead atoms. The Balaban J connectivity index is 3.62. The molecule has 0 rings (SSSR count). The van der Waals surface area contributed by atoms with Gasteiger partial charge in [-0.25, -0.2) is 0 Å². The molecule has 0 heterocycles. The minimum absolute atomic E-state index is 0.230. The number of hydrogen-bond acceptors (Lipinski definition) is 2. The third kappa shape index (κ3) is 18.3. The zero-order valence-electron chi connectivity index (χ0n) is 14.4. The fourth-order valence-corrected chi connectivity index (χ4v) is 1.96. The molecule has 0 aliphatic carbocycles. The predicted molar refractivity (Wildman–Crippen MR) is 97.4 cm³/mol. The molecule has 3 heteroatoms. The molecule has 0 aromatic rings. The summed E-state index contributed by atoms with van der Waals surface area (Å²) >= 11 is 0. The highest BCUT2D eigenvalue weighted by Crippen LogP contribution is 2.02. The van der Waals surface area contributed by atoms with Crippen LogP contribution in [-0.2, 0) is 4.79 Å². The number of unbranched alkanes of at least 4 members (excludes halogenated alkanes) is 4. The summed E-state index contributed by atoms with van der Waals surface area (Å²) in [6, 6.07) is 0. The molecule has 0 aliphatic rings. The number of aliphatic hydroxyl groups is 1. The molecule has 0 radical (unpaired) electrons. The summed E-state index contributed by atoms with van der Waals surface area (Å²) in [4.78, 5) is 10.3. The average Bonchev–Trinajstić information content (AvgIpc) is 2.52. The van der Waals surface area contributed by atoms with E-state index in [1.807, 2.05) is 36.5 Å². The minimum atomic E-state index is -0.738. The molecule has 0 aromatic heterocycles. The zero-order chi connectivity index (χ0) is 17.2. The van der Waals surface area contributed by atoms with Gasteiger partial charge in [-0.2, -0.15) is 0 Å². The highest BCUT2D eigenvalue weighted by molar-refractivity contribution is 5.66. The summed E-state index contributed by atoms with van der Waals surface area (Å²) in [5, 5.41) is 18.3. The van der Waals surface area contributed by atoms with Crippen LogP contribution in [0.15, 0.2) is 48.6 Å². The Labute approximate surface area is 141 Å². The number of allylic oxidation sites excluding steroid dienone is 6. The summed E-state index contributed by atoms with van der Waals surface area (Å²) in [5.41, 5.74) is 0. The van der Waals surface area contributed by atoms with Crippen LogP contribution >= 0.6 is 0 Å². The van der Waals surface area contributed by atoms with E-state index in [1.165, 1.54) is 19.3 Å². The number of rotatable bonds is 14. The molecule has 0 unspecified atom stereocenters. The van der Waals surface area contributed by atoms with E-state index < -0.39 is 12.1 Å². The second-order valence-corrected chi connectivity index (χ2v) is 5.58. The van der Waals surface area contributed by atoms with Crippen LogP contribution in [0.4, 0.5) is 0 Å². The van der Waals surface area contributed by atoms with Crippen molar-refractivity contribution >= 4 is 5.97 Å². The Hall–Kier alpha value is -1.61. The first kappa shape index (κ1) is 21.4. The Morgan fingerprint density at radius 2 is 1.70 bits per heavy atom. The maximum absolute atomic E-state index is 10.3. The molecule has 23 heavy (non-hydrogen) atoms. The molecule has 0 aliphatic heterocycles. The maximum Gasteiger partial charge on any atom is 0.303 e. The van der Waals surface area contributed by atoms with Crippen LogP contribution in [0.1, 0.15) is 64.7 Å². The van der Waals surface area contributed by atoms with E-state index in [1.54, 1.807) is 6.08 Å². The molecule has 1 atom stereocenters. The van der Waals surface area contributed by atoms with Crippen molar-refractivity contribution in [3.05, 3.63) is 48.6 Å². The van der Waals surface area contributed by atoms with Crippen molar-refractivity contribution in [2.24, 2.45) is 0 Å². The summed E-state index contributed by atoms with van der Waals surface area (Å²) in [7, 11) is 0. The maximum atomic E-state index is 10.3. The van der Waals surface area contributed by atoms with Crippen LogP contribution in [0.5, 0.6) is 0 Å². The van der Waals surface area contributed by atoms with Gasteiger partial charge in [0.05, 0.1) is 6.10 Å². The molecule has 0 aromatic carbocycles. The average molecular weight is 320 g/mol. The van der Waals surface area contributed by atoms with Crippen LogP contribution in [0.25, 0.3) is 0 Å². The van der Waals surface area contributed by atoms with Crippen LogP contribution < -0.4 is 0 Å². The van der Waals surface area contributed by atoms with Crippen molar-refractivity contribution in [3.8, 4) is 0 Å². The molecule has 2 N–H and O–H groups in total. The SMILES string of the molecule is CCCCC/C=C\C[C@@H](O)/C=C/C=C\C/C=C\CCCC(=O)O. The van der Waals surface area contributed by atoms with E-state index in [-0.39, 0.29) is 6.42 Å². The van der Waals surface area contributed by atoms with Gasteiger partial charge in [-0.1, -0.05) is 68.4 Å². The van der Waals surface area contributed by atoms with E-state index in [0.29, 0.717) is 12.8 Å². The molecule has 0 amide bonds. The van der Waals surface area contributed by atoms with Crippen molar-refractivity contribution in [2.45, 2.75) is 70.8 Å². The Kier molecular flexibility index (Phi) is 15.6. The number of carboxylic acid groups (broad SMARTS) is 1. The number of carboxylic acids is 1. The third-order valence-corrected chi connectivity index (χ3v) is 3.30. The monoisotopic (exact) mass is 320 g/mol. The van der Waals surface area contributed by atoms with E-state index in [4.69, 9.17) is 5.11 Å². The van der Waals surface area contributed by atoms with Crippen LogP contribution in [0.3, 0.4) is 0 Å². The van der Waals surface area contributed by atoms with Gasteiger partial charge in [0.25, 0.3) is 0 Å². The van der Waals surface area contributed by atoms with Gasteiger partial charge < -0.3 is 10.2 Å². The van der Waals surface area contributed by atoms with Crippen LogP contribution in [0.2, 0.25) is 0 Å². The fraction of sp³-hybridized carbons (Fsp3) is 0.550. The van der Waals surface area contributed by atoms with Gasteiger partial charge in [0.2, 0.25) is 0 Å². The van der Waals surface area contributed by atoms with Gasteiger partial charge in [-0.3, -0.25) is 4.79 Å². The minimum Gasteiger partial charge on any atom is -0.481 e. The summed E-state index contributed by atoms with van der Waals surface area (Å²) in [6.45, 7) is 2.20.